The van der Waals surface area contributed by atoms with Crippen molar-refractivity contribution in [3.63, 3.8) is 0 Å². The highest BCUT2D eigenvalue weighted by atomic mass is 32.1. The molecule has 2 heterocycles. The van der Waals surface area contributed by atoms with Crippen LogP contribution in [0.15, 0.2) is 28.8 Å². The number of hydrogen-bond donors (Lipinski definition) is 2. The Labute approximate surface area is 148 Å². The van der Waals surface area contributed by atoms with Crippen LogP contribution in [0.4, 0.5) is 5.13 Å². The van der Waals surface area contributed by atoms with Crippen molar-refractivity contribution in [1.82, 2.24) is 9.97 Å². The van der Waals surface area contributed by atoms with Crippen molar-refractivity contribution >= 4 is 39.7 Å². The molecule has 0 fully saturated rings. The molecule has 25 heavy (non-hydrogen) atoms. The summed E-state index contributed by atoms with van der Waals surface area (Å²) in [5, 5.41) is 19.1. The summed E-state index contributed by atoms with van der Waals surface area (Å²) in [7, 11) is 3.90. The topological polar surface area (TPSA) is 91.9 Å². The van der Waals surface area contributed by atoms with Crippen molar-refractivity contribution in [2.75, 3.05) is 32.2 Å². The van der Waals surface area contributed by atoms with Crippen LogP contribution in [0.5, 0.6) is 5.75 Å². The molecule has 0 saturated heterocycles. The minimum Gasteiger partial charge on any atom is -0.485 e. The van der Waals surface area contributed by atoms with Gasteiger partial charge in [-0.25, -0.2) is 9.97 Å². The van der Waals surface area contributed by atoms with Gasteiger partial charge in [0.25, 0.3) is 0 Å². The van der Waals surface area contributed by atoms with E-state index in [0.717, 1.165) is 10.0 Å². The third-order valence-corrected chi connectivity index (χ3v) is 4.50. The Morgan fingerprint density at radius 3 is 2.76 bits per heavy atom. The number of anilines is 1. The molecule has 0 aliphatic carbocycles. The number of nitrogens with zero attached hydrogens (tertiary/aromatic N) is 3. The molecule has 0 saturated carbocycles. The maximum absolute atomic E-state index is 9.08. The highest BCUT2D eigenvalue weighted by Crippen LogP contribution is 2.25. The first-order valence-corrected chi connectivity index (χ1v) is 8.51. The van der Waals surface area contributed by atoms with E-state index >= 15 is 0 Å². The SMILES string of the molecule is CN(C)c1ncc(C=Cc2nc3ccc(OC(CO)CO)cc3o2)s1. The number of benzene rings is 1. The maximum atomic E-state index is 9.08. The zero-order valence-corrected chi connectivity index (χ0v) is 14.7. The van der Waals surface area contributed by atoms with E-state index in [0.29, 0.717) is 22.7 Å². The lowest BCUT2D eigenvalue weighted by atomic mass is 10.3. The number of aliphatic hydroxyl groups is 2. The van der Waals surface area contributed by atoms with Crippen molar-refractivity contribution in [2.45, 2.75) is 6.10 Å². The van der Waals surface area contributed by atoms with Gasteiger partial charge in [-0.2, -0.15) is 0 Å². The quantitative estimate of drug-likeness (QED) is 0.667. The van der Waals surface area contributed by atoms with Gasteiger partial charge in [-0.05, 0) is 18.2 Å². The number of thiazole rings is 1. The molecule has 0 aliphatic heterocycles. The molecule has 0 bridgehead atoms. The van der Waals surface area contributed by atoms with Crippen LogP contribution in [0, 0.1) is 0 Å². The molecular weight excluding hydrogens is 342 g/mol. The Morgan fingerprint density at radius 1 is 1.28 bits per heavy atom. The molecule has 2 N–H and O–H groups in total. The zero-order chi connectivity index (χ0) is 17.8. The van der Waals surface area contributed by atoms with Gasteiger partial charge in [0.05, 0.1) is 13.2 Å². The predicted octanol–water partition coefficient (Wildman–Crippen LogP) is 2.25. The summed E-state index contributed by atoms with van der Waals surface area (Å²) in [4.78, 5) is 11.7. The second-order valence-corrected chi connectivity index (χ2v) is 6.60. The highest BCUT2D eigenvalue weighted by molar-refractivity contribution is 7.16. The molecule has 3 rings (SSSR count). The van der Waals surface area contributed by atoms with Crippen LogP contribution in [0.2, 0.25) is 0 Å². The molecule has 3 aromatic rings. The van der Waals surface area contributed by atoms with Gasteiger partial charge in [-0.1, -0.05) is 11.3 Å². The van der Waals surface area contributed by atoms with Crippen molar-refractivity contribution in [2.24, 2.45) is 0 Å². The van der Waals surface area contributed by atoms with Crippen molar-refractivity contribution in [3.8, 4) is 5.75 Å². The van der Waals surface area contributed by atoms with Crippen molar-refractivity contribution in [1.29, 1.82) is 0 Å². The molecule has 1 aromatic carbocycles. The van der Waals surface area contributed by atoms with Gasteiger partial charge in [-0.3, -0.25) is 0 Å². The van der Waals surface area contributed by atoms with Gasteiger partial charge < -0.3 is 24.3 Å². The molecule has 0 amide bonds. The summed E-state index contributed by atoms with van der Waals surface area (Å²) in [6.45, 7) is -0.522. The van der Waals surface area contributed by atoms with Gasteiger partial charge in [-0.15, -0.1) is 0 Å². The van der Waals surface area contributed by atoms with E-state index in [4.69, 9.17) is 19.4 Å². The Hall–Kier alpha value is -2.42. The fourth-order valence-electron chi connectivity index (χ4n) is 2.11. The number of hydrogen-bond acceptors (Lipinski definition) is 8. The summed E-state index contributed by atoms with van der Waals surface area (Å²) < 4.78 is 11.2. The highest BCUT2D eigenvalue weighted by Gasteiger charge is 2.10. The summed E-state index contributed by atoms with van der Waals surface area (Å²) >= 11 is 1.57. The van der Waals surface area contributed by atoms with Crippen LogP contribution >= 0.6 is 11.3 Å². The average Bonchev–Trinajstić information content (AvgIpc) is 3.23. The number of oxazole rings is 1. The Morgan fingerprint density at radius 2 is 2.08 bits per heavy atom. The molecule has 0 atom stereocenters. The lowest BCUT2D eigenvalue weighted by Crippen LogP contribution is -2.25. The number of aromatic nitrogens is 2. The summed E-state index contributed by atoms with van der Waals surface area (Å²) in [6, 6.07) is 5.19. The molecule has 132 valence electrons. The molecule has 8 heteroatoms. The van der Waals surface area contributed by atoms with Gasteiger partial charge in [0.15, 0.2) is 10.7 Å². The van der Waals surface area contributed by atoms with E-state index < -0.39 is 6.10 Å². The van der Waals surface area contributed by atoms with Gasteiger partial charge >= 0.3 is 0 Å². The Bertz CT molecular complexity index is 868. The molecule has 0 spiro atoms. The van der Waals surface area contributed by atoms with Crippen LogP contribution in [0.3, 0.4) is 0 Å². The minimum atomic E-state index is -0.656. The van der Waals surface area contributed by atoms with Crippen molar-refractivity contribution in [3.05, 3.63) is 35.2 Å². The maximum Gasteiger partial charge on any atom is 0.220 e. The number of aliphatic hydroxyl groups excluding tert-OH is 2. The molecular formula is C17H19N3O4S. The lowest BCUT2D eigenvalue weighted by molar-refractivity contribution is 0.0630. The third kappa shape index (κ3) is 4.16. The summed E-state index contributed by atoms with van der Waals surface area (Å²) in [5.41, 5.74) is 1.28. The monoisotopic (exact) mass is 361 g/mol. The molecule has 0 unspecified atom stereocenters. The van der Waals surface area contributed by atoms with Gasteiger partial charge in [0.2, 0.25) is 5.89 Å². The fraction of sp³-hybridized carbons (Fsp3) is 0.294. The number of rotatable bonds is 7. The molecule has 0 aliphatic rings. The average molecular weight is 361 g/mol. The number of ether oxygens (including phenoxy) is 1. The zero-order valence-electron chi connectivity index (χ0n) is 13.9. The fourth-order valence-corrected chi connectivity index (χ4v) is 2.85. The minimum absolute atomic E-state index is 0.261. The van der Waals surface area contributed by atoms with Crippen LogP contribution in [0.25, 0.3) is 23.3 Å². The van der Waals surface area contributed by atoms with E-state index in [2.05, 4.69) is 9.97 Å². The summed E-state index contributed by atoms with van der Waals surface area (Å²) in [5.74, 6) is 0.984. The first kappa shape index (κ1) is 17.4. The largest absolute Gasteiger partial charge is 0.485 e. The van der Waals surface area contributed by atoms with Crippen molar-refractivity contribution < 1.29 is 19.4 Å². The van der Waals surface area contributed by atoms with E-state index in [9.17, 15) is 0 Å². The van der Waals surface area contributed by atoms with Crippen LogP contribution < -0.4 is 9.64 Å². The standard InChI is InChI=1S/C17H19N3O4S/c1-20(2)17-18-8-13(25-17)4-6-16-19-14-5-3-11(7-15(14)24-16)23-12(9-21)10-22/h3-8,12,21-22H,9-10H2,1-2H3. The third-order valence-electron chi connectivity index (χ3n) is 3.37. The Kier molecular flexibility index (Phi) is 5.32. The van der Waals surface area contributed by atoms with Crippen LogP contribution in [-0.2, 0) is 0 Å². The number of fused-ring (bicyclic) bond motifs is 1. The smallest absolute Gasteiger partial charge is 0.220 e. The van der Waals surface area contributed by atoms with Gasteiger partial charge in [0, 0.05) is 37.3 Å². The van der Waals surface area contributed by atoms with E-state index in [1.165, 1.54) is 0 Å². The molecule has 0 radical (unpaired) electrons. The first-order valence-electron chi connectivity index (χ1n) is 7.69. The normalized spacial score (nSPS) is 11.7. The second-order valence-electron chi connectivity index (χ2n) is 5.56. The predicted molar refractivity (Wildman–Crippen MR) is 98.0 cm³/mol. The van der Waals surface area contributed by atoms with Gasteiger partial charge in [0.1, 0.15) is 17.4 Å². The molecule has 2 aromatic heterocycles. The van der Waals surface area contributed by atoms with E-state index in [1.54, 1.807) is 41.8 Å². The molecule has 7 nitrogen and oxygen atoms in total. The lowest BCUT2D eigenvalue weighted by Gasteiger charge is -2.13. The van der Waals surface area contributed by atoms with E-state index in [1.807, 2.05) is 25.1 Å². The van der Waals surface area contributed by atoms with Crippen LogP contribution in [0.1, 0.15) is 10.8 Å². The summed E-state index contributed by atoms with van der Waals surface area (Å²) in [6.07, 6.45) is 4.84. The second kappa shape index (κ2) is 7.64. The first-order chi connectivity index (χ1) is 12.1. The Balaban J connectivity index is 1.77. The van der Waals surface area contributed by atoms with E-state index in [-0.39, 0.29) is 13.2 Å². The van der Waals surface area contributed by atoms with Crippen LogP contribution in [-0.4, -0.2) is 53.6 Å².